The molecule has 1 aliphatic heterocycles. The van der Waals surface area contributed by atoms with Gasteiger partial charge in [-0.2, -0.15) is 0 Å². The van der Waals surface area contributed by atoms with E-state index in [1.54, 1.807) is 11.8 Å². The van der Waals surface area contributed by atoms with E-state index >= 15 is 0 Å². The molecule has 1 aliphatic rings. The van der Waals surface area contributed by atoms with Crippen molar-refractivity contribution in [1.82, 2.24) is 10.2 Å². The number of amides is 1. The summed E-state index contributed by atoms with van der Waals surface area (Å²) in [6, 6.07) is 0.297. The maximum absolute atomic E-state index is 12.8. The lowest BCUT2D eigenvalue weighted by atomic mass is 10.1. The molecular weight excluding hydrogens is 247 g/mol. The molecule has 0 bridgehead atoms. The van der Waals surface area contributed by atoms with Gasteiger partial charge in [-0.05, 0) is 47.0 Å². The third kappa shape index (κ3) is 6.76. The highest BCUT2D eigenvalue weighted by Gasteiger charge is 2.25. The molecule has 1 heterocycles. The average Bonchev–Trinajstić information content (AvgIpc) is 2.49. The van der Waals surface area contributed by atoms with Crippen LogP contribution in [-0.2, 0) is 4.74 Å². The zero-order chi connectivity index (χ0) is 14.5. The molecule has 4 nitrogen and oxygen atoms in total. The van der Waals surface area contributed by atoms with Crippen LogP contribution in [0, 0.1) is 0 Å². The van der Waals surface area contributed by atoms with E-state index in [-0.39, 0.29) is 6.09 Å². The Bertz CT molecular complexity index is 290. The van der Waals surface area contributed by atoms with Crippen LogP contribution in [0.15, 0.2) is 0 Å². The van der Waals surface area contributed by atoms with Gasteiger partial charge in [0, 0.05) is 25.7 Å². The summed E-state index contributed by atoms with van der Waals surface area (Å²) >= 11 is 0. The largest absolute Gasteiger partial charge is 0.444 e. The van der Waals surface area contributed by atoms with Crippen molar-refractivity contribution >= 4 is 6.09 Å². The molecule has 2 unspecified atom stereocenters. The summed E-state index contributed by atoms with van der Waals surface area (Å²) in [7, 11) is 0. The predicted molar refractivity (Wildman–Crippen MR) is 74.0 cm³/mol. The molecule has 2 atom stereocenters. The summed E-state index contributed by atoms with van der Waals surface area (Å²) in [5.74, 6) is 0. The van der Waals surface area contributed by atoms with Crippen molar-refractivity contribution in [3.63, 3.8) is 0 Å². The minimum Gasteiger partial charge on any atom is -0.444 e. The van der Waals surface area contributed by atoms with Gasteiger partial charge in [0.05, 0.1) is 0 Å². The van der Waals surface area contributed by atoms with Crippen molar-refractivity contribution in [2.24, 2.45) is 0 Å². The highest BCUT2D eigenvalue weighted by molar-refractivity contribution is 5.68. The smallest absolute Gasteiger partial charge is 0.410 e. The number of likely N-dealkylation sites (tertiary alicyclic amines) is 1. The Morgan fingerprint density at radius 3 is 2.68 bits per heavy atom. The van der Waals surface area contributed by atoms with Crippen LogP contribution in [-0.4, -0.2) is 48.4 Å². The first-order valence-corrected chi connectivity index (χ1v) is 7.13. The van der Waals surface area contributed by atoms with Gasteiger partial charge in [0.1, 0.15) is 11.8 Å². The minimum atomic E-state index is -0.829. The number of alkyl halides is 1. The van der Waals surface area contributed by atoms with E-state index in [0.717, 1.165) is 25.8 Å². The first-order chi connectivity index (χ1) is 8.78. The normalized spacial score (nSPS) is 22.8. The number of carbonyl (C=O) groups is 1. The molecule has 1 N–H and O–H groups in total. The van der Waals surface area contributed by atoms with Gasteiger partial charge in [-0.3, -0.25) is 0 Å². The van der Waals surface area contributed by atoms with Crippen molar-refractivity contribution in [2.75, 3.05) is 19.6 Å². The second-order valence-electron chi connectivity index (χ2n) is 6.28. The third-order valence-electron chi connectivity index (χ3n) is 3.07. The Balaban J connectivity index is 2.39. The highest BCUT2D eigenvalue weighted by Crippen LogP contribution is 2.15. The van der Waals surface area contributed by atoms with Crippen molar-refractivity contribution in [3.05, 3.63) is 0 Å². The van der Waals surface area contributed by atoms with Gasteiger partial charge in [-0.15, -0.1) is 0 Å². The monoisotopic (exact) mass is 274 g/mol. The zero-order valence-corrected chi connectivity index (χ0v) is 12.5. The standard InChI is InChI=1S/C14H27FN2O2/c1-11(15)10-16-12-6-5-8-17(9-7-12)13(18)19-14(2,3)4/h11-12,16H,5-10H2,1-4H3. The van der Waals surface area contributed by atoms with E-state index in [0.29, 0.717) is 19.1 Å². The Kier molecular flexibility index (Phi) is 6.04. The SMILES string of the molecule is CC(F)CNC1CCCN(C(=O)OC(C)(C)C)CC1. The van der Waals surface area contributed by atoms with Crippen LogP contribution in [0.4, 0.5) is 9.18 Å². The molecule has 1 amide bonds. The van der Waals surface area contributed by atoms with Crippen LogP contribution in [0.3, 0.4) is 0 Å². The fourth-order valence-electron chi connectivity index (χ4n) is 2.14. The first kappa shape index (κ1) is 16.2. The maximum atomic E-state index is 12.8. The summed E-state index contributed by atoms with van der Waals surface area (Å²) in [6.45, 7) is 8.94. The van der Waals surface area contributed by atoms with Crippen LogP contribution in [0.5, 0.6) is 0 Å². The van der Waals surface area contributed by atoms with Gasteiger partial charge in [0.25, 0.3) is 0 Å². The Hall–Kier alpha value is -0.840. The zero-order valence-electron chi connectivity index (χ0n) is 12.5. The molecule has 1 fully saturated rings. The Labute approximate surface area is 115 Å². The molecule has 112 valence electrons. The Morgan fingerprint density at radius 1 is 1.42 bits per heavy atom. The maximum Gasteiger partial charge on any atom is 0.410 e. The summed E-state index contributed by atoms with van der Waals surface area (Å²) in [5.41, 5.74) is -0.454. The molecule has 1 saturated heterocycles. The van der Waals surface area contributed by atoms with Crippen LogP contribution >= 0.6 is 0 Å². The quantitative estimate of drug-likeness (QED) is 0.860. The number of halogens is 1. The lowest BCUT2D eigenvalue weighted by Gasteiger charge is -2.26. The molecule has 0 saturated carbocycles. The van der Waals surface area contributed by atoms with E-state index < -0.39 is 11.8 Å². The van der Waals surface area contributed by atoms with Crippen molar-refractivity contribution < 1.29 is 13.9 Å². The van der Waals surface area contributed by atoms with Gasteiger partial charge in [-0.1, -0.05) is 0 Å². The number of nitrogens with one attached hydrogen (secondary N) is 1. The third-order valence-corrected chi connectivity index (χ3v) is 3.07. The van der Waals surface area contributed by atoms with Gasteiger partial charge in [0.15, 0.2) is 0 Å². The molecule has 0 aromatic carbocycles. The number of rotatable bonds is 3. The van der Waals surface area contributed by atoms with Crippen LogP contribution < -0.4 is 5.32 Å². The van der Waals surface area contributed by atoms with Crippen molar-refractivity contribution in [2.45, 2.75) is 64.8 Å². The van der Waals surface area contributed by atoms with E-state index in [1.165, 1.54) is 0 Å². The lowest BCUT2D eigenvalue weighted by Crippen LogP contribution is -2.38. The van der Waals surface area contributed by atoms with E-state index in [9.17, 15) is 9.18 Å². The highest BCUT2D eigenvalue weighted by atomic mass is 19.1. The van der Waals surface area contributed by atoms with Gasteiger partial charge in [-0.25, -0.2) is 9.18 Å². The molecule has 0 aromatic heterocycles. The number of hydrogen-bond acceptors (Lipinski definition) is 3. The number of ether oxygens (including phenoxy) is 1. The first-order valence-electron chi connectivity index (χ1n) is 7.13. The van der Waals surface area contributed by atoms with E-state index in [4.69, 9.17) is 4.74 Å². The lowest BCUT2D eigenvalue weighted by molar-refractivity contribution is 0.0256. The molecule has 1 rings (SSSR count). The van der Waals surface area contributed by atoms with Crippen molar-refractivity contribution in [1.29, 1.82) is 0 Å². The molecule has 0 spiro atoms. The molecule has 0 aromatic rings. The van der Waals surface area contributed by atoms with Gasteiger partial charge in [0.2, 0.25) is 0 Å². The molecular formula is C14H27FN2O2. The summed E-state index contributed by atoms with van der Waals surface area (Å²) in [4.78, 5) is 13.7. The second-order valence-corrected chi connectivity index (χ2v) is 6.28. The minimum absolute atomic E-state index is 0.244. The number of nitrogens with zero attached hydrogens (tertiary/aromatic N) is 1. The van der Waals surface area contributed by atoms with E-state index in [2.05, 4.69) is 5.32 Å². The van der Waals surface area contributed by atoms with Crippen LogP contribution in [0.2, 0.25) is 0 Å². The van der Waals surface area contributed by atoms with E-state index in [1.807, 2.05) is 20.8 Å². The topological polar surface area (TPSA) is 41.6 Å². The van der Waals surface area contributed by atoms with Crippen LogP contribution in [0.25, 0.3) is 0 Å². The number of carbonyl (C=O) groups excluding carboxylic acids is 1. The molecule has 19 heavy (non-hydrogen) atoms. The summed E-state index contributed by atoms with van der Waals surface area (Å²) in [5, 5.41) is 3.21. The number of hydrogen-bond donors (Lipinski definition) is 1. The molecule has 0 aliphatic carbocycles. The molecule has 0 radical (unpaired) electrons. The Morgan fingerprint density at radius 2 is 2.11 bits per heavy atom. The van der Waals surface area contributed by atoms with Crippen LogP contribution in [0.1, 0.15) is 47.0 Å². The predicted octanol–water partition coefficient (Wildman–Crippen LogP) is 2.72. The van der Waals surface area contributed by atoms with Crippen molar-refractivity contribution in [3.8, 4) is 0 Å². The fourth-order valence-corrected chi connectivity index (χ4v) is 2.14. The average molecular weight is 274 g/mol. The second kappa shape index (κ2) is 7.08. The van der Waals surface area contributed by atoms with Gasteiger partial charge < -0.3 is 15.0 Å². The van der Waals surface area contributed by atoms with Gasteiger partial charge >= 0.3 is 6.09 Å². The summed E-state index contributed by atoms with van der Waals surface area (Å²) < 4.78 is 18.2. The molecule has 5 heteroatoms. The summed E-state index contributed by atoms with van der Waals surface area (Å²) in [6.07, 6.45) is 1.69. The fraction of sp³-hybridized carbons (Fsp3) is 0.929.